The molecule has 1 saturated carbocycles. The van der Waals surface area contributed by atoms with E-state index in [1.165, 1.54) is 6.08 Å². The van der Waals surface area contributed by atoms with E-state index in [0.717, 1.165) is 24.2 Å². The monoisotopic (exact) mass is 325 g/mol. The molecule has 1 fully saturated rings. The van der Waals surface area contributed by atoms with Crippen LogP contribution in [0.15, 0.2) is 36.9 Å². The lowest BCUT2D eigenvalue weighted by Gasteiger charge is -2.09. The summed E-state index contributed by atoms with van der Waals surface area (Å²) in [7, 11) is 0. The van der Waals surface area contributed by atoms with E-state index in [0.29, 0.717) is 17.7 Å². The lowest BCUT2D eigenvalue weighted by atomic mass is 10.1. The Morgan fingerprint density at radius 3 is 2.83 bits per heavy atom. The highest BCUT2D eigenvalue weighted by Gasteiger charge is 2.28. The van der Waals surface area contributed by atoms with Gasteiger partial charge in [-0.05, 0) is 43.5 Å². The second-order valence-corrected chi connectivity index (χ2v) is 5.79. The van der Waals surface area contributed by atoms with E-state index in [1.807, 2.05) is 17.6 Å². The first-order valence-electron chi connectivity index (χ1n) is 7.80. The van der Waals surface area contributed by atoms with Gasteiger partial charge in [0.25, 0.3) is 0 Å². The summed E-state index contributed by atoms with van der Waals surface area (Å²) in [5.74, 6) is 0.846. The molecule has 1 heterocycles. The van der Waals surface area contributed by atoms with Gasteiger partial charge in [-0.15, -0.1) is 10.2 Å². The highest BCUT2D eigenvalue weighted by Crippen LogP contribution is 2.37. The zero-order chi connectivity index (χ0) is 17.1. The molecule has 1 aromatic heterocycles. The molecule has 124 valence electrons. The normalized spacial score (nSPS) is 13.4. The Bertz CT molecular complexity index is 792. The lowest BCUT2D eigenvalue weighted by Crippen LogP contribution is -2.18. The van der Waals surface area contributed by atoms with Crippen molar-refractivity contribution in [1.29, 1.82) is 0 Å². The predicted octanol–water partition coefficient (Wildman–Crippen LogP) is 2.23. The van der Waals surface area contributed by atoms with Gasteiger partial charge in [0.15, 0.2) is 0 Å². The fraction of sp³-hybridized carbons (Fsp3) is 0.294. The highest BCUT2D eigenvalue weighted by molar-refractivity contribution is 5.99. The number of aryl methyl sites for hydroxylation is 1. The fourth-order valence-corrected chi connectivity index (χ4v) is 2.53. The molecular formula is C17H19N5O2. The Morgan fingerprint density at radius 2 is 2.12 bits per heavy atom. The molecule has 0 saturated heterocycles. The summed E-state index contributed by atoms with van der Waals surface area (Å²) in [4.78, 5) is 23.6. The summed E-state index contributed by atoms with van der Waals surface area (Å²) in [6.07, 6.45) is 3.57. The molecule has 0 unspecified atom stereocenters. The number of benzene rings is 1. The minimum absolute atomic E-state index is 0.170. The average Bonchev–Trinajstić information content (AvgIpc) is 3.32. The van der Waals surface area contributed by atoms with Crippen molar-refractivity contribution in [2.45, 2.75) is 32.2 Å². The Balaban J connectivity index is 1.66. The first-order valence-corrected chi connectivity index (χ1v) is 7.80. The van der Waals surface area contributed by atoms with E-state index < -0.39 is 0 Å². The molecule has 0 bridgehead atoms. The molecule has 1 aromatic carbocycles. The molecule has 7 heteroatoms. The van der Waals surface area contributed by atoms with Crippen LogP contribution < -0.4 is 10.6 Å². The van der Waals surface area contributed by atoms with Crippen molar-refractivity contribution >= 4 is 23.5 Å². The largest absolute Gasteiger partial charge is 0.323 e. The summed E-state index contributed by atoms with van der Waals surface area (Å²) in [5.41, 5.74) is 1.42. The van der Waals surface area contributed by atoms with Crippen LogP contribution in [-0.4, -0.2) is 26.6 Å². The highest BCUT2D eigenvalue weighted by atomic mass is 16.2. The summed E-state index contributed by atoms with van der Waals surface area (Å²) in [5, 5.41) is 13.6. The standard InChI is InChI=1S/C17H19N5O2/c1-3-15(23)18-13-6-4-5-12(9-13)10-16(24)19-17-21-20-11(2)22(17)14-7-8-14/h3-6,9,14H,1,7-8,10H2,2H3,(H,18,23)(H,19,21,24). The number of nitrogens with zero attached hydrogens (tertiary/aromatic N) is 3. The van der Waals surface area contributed by atoms with Crippen molar-refractivity contribution in [2.75, 3.05) is 10.6 Å². The molecule has 24 heavy (non-hydrogen) atoms. The van der Waals surface area contributed by atoms with Gasteiger partial charge in [-0.1, -0.05) is 18.7 Å². The van der Waals surface area contributed by atoms with Crippen LogP contribution in [0.2, 0.25) is 0 Å². The second-order valence-electron chi connectivity index (χ2n) is 5.79. The zero-order valence-corrected chi connectivity index (χ0v) is 13.5. The number of aromatic nitrogens is 3. The Morgan fingerprint density at radius 1 is 1.33 bits per heavy atom. The first kappa shape index (κ1) is 15.9. The van der Waals surface area contributed by atoms with Crippen LogP contribution in [0.5, 0.6) is 0 Å². The van der Waals surface area contributed by atoms with Crippen LogP contribution in [0.1, 0.15) is 30.3 Å². The fourth-order valence-electron chi connectivity index (χ4n) is 2.53. The van der Waals surface area contributed by atoms with Crippen LogP contribution in [0.4, 0.5) is 11.6 Å². The van der Waals surface area contributed by atoms with E-state index in [9.17, 15) is 9.59 Å². The third-order valence-electron chi connectivity index (χ3n) is 3.77. The zero-order valence-electron chi connectivity index (χ0n) is 13.5. The molecule has 3 rings (SSSR count). The van der Waals surface area contributed by atoms with Gasteiger partial charge in [-0.3, -0.25) is 19.5 Å². The van der Waals surface area contributed by atoms with Gasteiger partial charge in [0.1, 0.15) is 5.82 Å². The molecule has 0 aliphatic heterocycles. The van der Waals surface area contributed by atoms with Crippen molar-refractivity contribution in [3.05, 3.63) is 48.3 Å². The van der Waals surface area contributed by atoms with Crippen LogP contribution in [0, 0.1) is 6.92 Å². The third-order valence-corrected chi connectivity index (χ3v) is 3.77. The number of carbonyl (C=O) groups excluding carboxylic acids is 2. The minimum Gasteiger partial charge on any atom is -0.323 e. The van der Waals surface area contributed by atoms with Crippen molar-refractivity contribution in [3.63, 3.8) is 0 Å². The van der Waals surface area contributed by atoms with Crippen molar-refractivity contribution in [1.82, 2.24) is 14.8 Å². The molecule has 0 radical (unpaired) electrons. The van der Waals surface area contributed by atoms with E-state index >= 15 is 0 Å². The average molecular weight is 325 g/mol. The van der Waals surface area contributed by atoms with Crippen LogP contribution in [0.3, 0.4) is 0 Å². The van der Waals surface area contributed by atoms with Crippen LogP contribution >= 0.6 is 0 Å². The molecule has 2 N–H and O–H groups in total. The third kappa shape index (κ3) is 3.68. The molecule has 0 atom stereocenters. The number of nitrogens with one attached hydrogen (secondary N) is 2. The van der Waals surface area contributed by atoms with Gasteiger partial charge in [0, 0.05) is 11.7 Å². The maximum absolute atomic E-state index is 12.3. The maximum atomic E-state index is 12.3. The summed E-state index contributed by atoms with van der Waals surface area (Å²) < 4.78 is 1.97. The van der Waals surface area contributed by atoms with E-state index in [1.54, 1.807) is 18.2 Å². The number of hydrogen-bond donors (Lipinski definition) is 2. The van der Waals surface area contributed by atoms with Gasteiger partial charge in [0.2, 0.25) is 17.8 Å². The molecule has 1 aliphatic carbocycles. The Kier molecular flexibility index (Phi) is 4.41. The van der Waals surface area contributed by atoms with Crippen molar-refractivity contribution in [2.24, 2.45) is 0 Å². The number of rotatable bonds is 6. The molecular weight excluding hydrogens is 306 g/mol. The molecule has 0 spiro atoms. The van der Waals surface area contributed by atoms with Gasteiger partial charge in [-0.25, -0.2) is 0 Å². The van der Waals surface area contributed by atoms with Gasteiger partial charge >= 0.3 is 0 Å². The van der Waals surface area contributed by atoms with Crippen LogP contribution in [0.25, 0.3) is 0 Å². The molecule has 2 amide bonds. The minimum atomic E-state index is -0.287. The molecule has 7 nitrogen and oxygen atoms in total. The summed E-state index contributed by atoms with van der Waals surface area (Å²) in [6, 6.07) is 7.54. The quantitative estimate of drug-likeness (QED) is 0.797. The summed E-state index contributed by atoms with van der Waals surface area (Å²) in [6.45, 7) is 5.29. The lowest BCUT2D eigenvalue weighted by molar-refractivity contribution is -0.115. The smallest absolute Gasteiger partial charge is 0.247 e. The van der Waals surface area contributed by atoms with Gasteiger partial charge in [0.05, 0.1) is 6.42 Å². The molecule has 2 aromatic rings. The number of hydrogen-bond acceptors (Lipinski definition) is 4. The maximum Gasteiger partial charge on any atom is 0.247 e. The van der Waals surface area contributed by atoms with Gasteiger partial charge in [-0.2, -0.15) is 0 Å². The first-order chi connectivity index (χ1) is 11.6. The Hall–Kier alpha value is -2.96. The summed E-state index contributed by atoms with van der Waals surface area (Å²) >= 11 is 0. The van der Waals surface area contributed by atoms with E-state index in [-0.39, 0.29) is 18.2 Å². The Labute approximate surface area is 139 Å². The SMILES string of the molecule is C=CC(=O)Nc1cccc(CC(=O)Nc2nnc(C)n2C2CC2)c1. The van der Waals surface area contributed by atoms with E-state index in [4.69, 9.17) is 0 Å². The van der Waals surface area contributed by atoms with Crippen LogP contribution in [-0.2, 0) is 16.0 Å². The number of anilines is 2. The van der Waals surface area contributed by atoms with Crippen molar-refractivity contribution in [3.8, 4) is 0 Å². The number of amides is 2. The second kappa shape index (κ2) is 6.66. The van der Waals surface area contributed by atoms with Gasteiger partial charge < -0.3 is 5.32 Å². The number of carbonyl (C=O) groups is 2. The molecule has 1 aliphatic rings. The van der Waals surface area contributed by atoms with Crippen molar-refractivity contribution < 1.29 is 9.59 Å². The predicted molar refractivity (Wildman–Crippen MR) is 90.6 cm³/mol. The topological polar surface area (TPSA) is 88.9 Å². The van der Waals surface area contributed by atoms with E-state index in [2.05, 4.69) is 27.4 Å².